The first-order valence-corrected chi connectivity index (χ1v) is 6.08. The Morgan fingerprint density at radius 2 is 2.32 bits per heavy atom. The van der Waals surface area contributed by atoms with Gasteiger partial charge in [-0.05, 0) is 13.0 Å². The molecule has 0 aromatic rings. The minimum atomic E-state index is -0.989. The molecule has 0 aromatic carbocycles. The van der Waals surface area contributed by atoms with Gasteiger partial charge in [0.2, 0.25) is 0 Å². The smallest absolute Gasteiger partial charge is 0.150 e. The molecule has 3 rings (SSSR count). The van der Waals surface area contributed by atoms with Crippen LogP contribution >= 0.6 is 0 Å². The number of rotatable bonds is 1. The lowest BCUT2D eigenvalue weighted by molar-refractivity contribution is -0.0855. The fraction of sp³-hybridized carbons (Fsp3) is 0.500. The summed E-state index contributed by atoms with van der Waals surface area (Å²) in [5.41, 5.74) is 5.52. The molecule has 7 nitrogen and oxygen atoms in total. The quantitative estimate of drug-likeness (QED) is 0.560. The summed E-state index contributed by atoms with van der Waals surface area (Å²) in [5, 5.41) is 25.7. The average molecular weight is 264 g/mol. The van der Waals surface area contributed by atoms with E-state index in [0.29, 0.717) is 11.5 Å². The minimum Gasteiger partial charge on any atom is -0.388 e. The van der Waals surface area contributed by atoms with E-state index in [9.17, 15) is 10.2 Å². The van der Waals surface area contributed by atoms with Crippen LogP contribution in [0.5, 0.6) is 0 Å². The molecule has 0 radical (unpaired) electrons. The lowest BCUT2D eigenvalue weighted by atomic mass is 9.87. The van der Waals surface area contributed by atoms with Gasteiger partial charge < -0.3 is 20.7 Å². The van der Waals surface area contributed by atoms with Crippen LogP contribution in [0.1, 0.15) is 6.92 Å². The molecule has 0 spiro atoms. The van der Waals surface area contributed by atoms with Crippen molar-refractivity contribution in [2.45, 2.75) is 30.8 Å². The zero-order chi connectivity index (χ0) is 13.6. The number of ether oxygens (including phenoxy) is 1. The summed E-state index contributed by atoms with van der Waals surface area (Å²) in [6.45, 7) is 1.85. The zero-order valence-electron chi connectivity index (χ0n) is 10.5. The van der Waals surface area contributed by atoms with Crippen molar-refractivity contribution in [3.8, 4) is 0 Å². The Morgan fingerprint density at radius 3 is 3.00 bits per heavy atom. The summed E-state index contributed by atoms with van der Waals surface area (Å²) >= 11 is 0. The Labute approximate surface area is 110 Å². The van der Waals surface area contributed by atoms with Crippen molar-refractivity contribution < 1.29 is 14.9 Å². The second-order valence-corrected chi connectivity index (χ2v) is 4.98. The number of hydrazone groups is 1. The number of nitrogens with zero attached hydrogens (tertiary/aromatic N) is 3. The highest BCUT2D eigenvalue weighted by atomic mass is 16.5. The van der Waals surface area contributed by atoms with Gasteiger partial charge in [0.05, 0.1) is 6.61 Å². The average Bonchev–Trinajstić information content (AvgIpc) is 2.68. The van der Waals surface area contributed by atoms with Crippen LogP contribution in [0, 0.1) is 0 Å². The third-order valence-corrected chi connectivity index (χ3v) is 3.80. The molecule has 3 aliphatic rings. The van der Waals surface area contributed by atoms with E-state index in [1.807, 2.05) is 12.2 Å². The standard InChI is InChI=1S/C12H16N4O3/c1-12(10(18)8(17)5-19-12)9-4-2-3-7-11(13)14-6-15-16(7)9/h2-4,6,8-10,17-18H,5H2,1H3,(H2,13,14,15). The third-order valence-electron chi connectivity index (χ3n) is 3.80. The summed E-state index contributed by atoms with van der Waals surface area (Å²) in [6, 6.07) is -0.357. The van der Waals surface area contributed by atoms with Gasteiger partial charge in [0.25, 0.3) is 0 Å². The van der Waals surface area contributed by atoms with Crippen molar-refractivity contribution in [1.82, 2.24) is 5.01 Å². The fourth-order valence-corrected chi connectivity index (χ4v) is 2.62. The van der Waals surface area contributed by atoms with Gasteiger partial charge in [0.1, 0.15) is 35.9 Å². The van der Waals surface area contributed by atoms with Gasteiger partial charge in [-0.25, -0.2) is 4.99 Å². The number of allylic oxidation sites excluding steroid dienone is 2. The maximum atomic E-state index is 10.2. The highest BCUT2D eigenvalue weighted by Gasteiger charge is 2.53. The number of fused-ring (bicyclic) bond motifs is 1. The van der Waals surface area contributed by atoms with Crippen LogP contribution < -0.4 is 5.73 Å². The second kappa shape index (κ2) is 4.16. The molecule has 0 aromatic heterocycles. The van der Waals surface area contributed by atoms with Crippen LogP contribution in [-0.2, 0) is 4.74 Å². The van der Waals surface area contributed by atoms with Gasteiger partial charge in [-0.1, -0.05) is 12.2 Å². The Hall–Kier alpha value is -1.70. The highest BCUT2D eigenvalue weighted by molar-refractivity contribution is 6.02. The Bertz CT molecular complexity index is 513. The number of amidine groups is 1. The summed E-state index contributed by atoms with van der Waals surface area (Å²) in [5.74, 6) is 0.362. The summed E-state index contributed by atoms with van der Waals surface area (Å²) in [4.78, 5) is 3.94. The molecule has 3 heterocycles. The van der Waals surface area contributed by atoms with Crippen molar-refractivity contribution in [1.29, 1.82) is 0 Å². The van der Waals surface area contributed by atoms with E-state index >= 15 is 0 Å². The van der Waals surface area contributed by atoms with Crippen LogP contribution in [0.25, 0.3) is 0 Å². The molecule has 4 N–H and O–H groups in total. The van der Waals surface area contributed by atoms with Crippen LogP contribution in [0.3, 0.4) is 0 Å². The van der Waals surface area contributed by atoms with Gasteiger partial charge in [-0.2, -0.15) is 5.10 Å². The van der Waals surface area contributed by atoms with E-state index in [1.54, 1.807) is 18.0 Å². The van der Waals surface area contributed by atoms with Crippen molar-refractivity contribution in [3.63, 3.8) is 0 Å². The Morgan fingerprint density at radius 1 is 1.53 bits per heavy atom. The van der Waals surface area contributed by atoms with Gasteiger partial charge >= 0.3 is 0 Å². The van der Waals surface area contributed by atoms with Gasteiger partial charge in [-0.3, -0.25) is 5.01 Å². The Balaban J connectivity index is 1.95. The predicted molar refractivity (Wildman–Crippen MR) is 69.3 cm³/mol. The molecule has 1 saturated heterocycles. The third kappa shape index (κ3) is 1.70. The monoisotopic (exact) mass is 264 g/mol. The molecule has 0 aliphatic carbocycles. The highest BCUT2D eigenvalue weighted by Crippen LogP contribution is 2.36. The lowest BCUT2D eigenvalue weighted by Gasteiger charge is -2.42. The molecular formula is C12H16N4O3. The number of aliphatic hydroxyl groups excluding tert-OH is 2. The topological polar surface area (TPSA) is 104 Å². The van der Waals surface area contributed by atoms with Gasteiger partial charge in [-0.15, -0.1) is 0 Å². The van der Waals surface area contributed by atoms with Crippen molar-refractivity contribution in [2.75, 3.05) is 6.61 Å². The van der Waals surface area contributed by atoms with Crippen LogP contribution in [0.15, 0.2) is 34.0 Å². The SMILES string of the molecule is CC1(C2C=CC=C3C(N)=NC=NN32)OCC(O)C1O. The van der Waals surface area contributed by atoms with Crippen LogP contribution in [0.2, 0.25) is 0 Å². The first-order valence-electron chi connectivity index (χ1n) is 6.08. The molecule has 3 aliphatic heterocycles. The van der Waals surface area contributed by atoms with E-state index in [-0.39, 0.29) is 12.6 Å². The molecule has 102 valence electrons. The lowest BCUT2D eigenvalue weighted by Crippen LogP contribution is -2.56. The molecule has 0 amide bonds. The predicted octanol–water partition coefficient (Wildman–Crippen LogP) is -1.06. The van der Waals surface area contributed by atoms with Crippen LogP contribution in [0.4, 0.5) is 0 Å². The molecule has 19 heavy (non-hydrogen) atoms. The molecule has 7 heteroatoms. The van der Waals surface area contributed by atoms with Crippen molar-refractivity contribution in [3.05, 3.63) is 23.9 Å². The molecule has 4 unspecified atom stereocenters. The minimum absolute atomic E-state index is 0.0994. The largest absolute Gasteiger partial charge is 0.388 e. The van der Waals surface area contributed by atoms with E-state index in [1.165, 1.54) is 6.34 Å². The molecule has 4 atom stereocenters. The maximum absolute atomic E-state index is 10.2. The van der Waals surface area contributed by atoms with Crippen molar-refractivity contribution in [2.24, 2.45) is 15.8 Å². The number of aliphatic hydroxyl groups is 2. The van der Waals surface area contributed by atoms with Gasteiger partial charge in [0.15, 0.2) is 5.84 Å². The molecule has 1 fully saturated rings. The van der Waals surface area contributed by atoms with Crippen molar-refractivity contribution >= 4 is 12.2 Å². The molecular weight excluding hydrogens is 248 g/mol. The number of hydrogen-bond donors (Lipinski definition) is 3. The summed E-state index contributed by atoms with van der Waals surface area (Å²) in [6.07, 6.45) is 4.96. The normalized spacial score (nSPS) is 41.0. The summed E-state index contributed by atoms with van der Waals surface area (Å²) in [7, 11) is 0. The first-order chi connectivity index (χ1) is 9.04. The number of aliphatic imine (C=N–C) groups is 1. The van der Waals surface area contributed by atoms with E-state index in [4.69, 9.17) is 10.5 Å². The maximum Gasteiger partial charge on any atom is 0.150 e. The summed E-state index contributed by atoms with van der Waals surface area (Å²) < 4.78 is 5.61. The second-order valence-electron chi connectivity index (χ2n) is 4.98. The van der Waals surface area contributed by atoms with Gasteiger partial charge in [0, 0.05) is 0 Å². The number of hydrogen-bond acceptors (Lipinski definition) is 7. The van der Waals surface area contributed by atoms with E-state index in [2.05, 4.69) is 10.1 Å². The zero-order valence-corrected chi connectivity index (χ0v) is 10.5. The fourth-order valence-electron chi connectivity index (χ4n) is 2.62. The Kier molecular flexibility index (Phi) is 2.70. The van der Waals surface area contributed by atoms with E-state index < -0.39 is 17.8 Å². The number of nitrogens with two attached hydrogens (primary N) is 1. The molecule has 0 saturated carbocycles. The first kappa shape index (κ1) is 12.3. The van der Waals surface area contributed by atoms with Crippen LogP contribution in [-0.4, -0.2) is 57.9 Å². The van der Waals surface area contributed by atoms with E-state index in [0.717, 1.165) is 0 Å². The molecule has 0 bridgehead atoms.